The van der Waals surface area contributed by atoms with Gasteiger partial charge in [-0.25, -0.2) is 19.9 Å². The predicted molar refractivity (Wildman–Crippen MR) is 96.4 cm³/mol. The summed E-state index contributed by atoms with van der Waals surface area (Å²) in [6, 6.07) is 6.59. The molecule has 0 spiro atoms. The lowest BCUT2D eigenvalue weighted by atomic mass is 10.4. The molecule has 3 rings (SSSR count). The van der Waals surface area contributed by atoms with E-state index in [1.807, 2.05) is 0 Å². The van der Waals surface area contributed by atoms with Crippen LogP contribution < -0.4 is 10.6 Å². The highest BCUT2D eigenvalue weighted by Gasteiger charge is 2.23. The molecule has 0 amide bonds. The third-order valence-corrected chi connectivity index (χ3v) is 3.65. The van der Waals surface area contributed by atoms with Crippen LogP contribution in [-0.2, 0) is 0 Å². The van der Waals surface area contributed by atoms with Gasteiger partial charge in [0.15, 0.2) is 0 Å². The summed E-state index contributed by atoms with van der Waals surface area (Å²) in [5, 5.41) is 17.6. The van der Waals surface area contributed by atoms with Gasteiger partial charge < -0.3 is 10.6 Å². The fraction of sp³-hybridized carbons (Fsp3) is 0. The average Bonchev–Trinajstić information content (AvgIpc) is 2.59. The van der Waals surface area contributed by atoms with Crippen LogP contribution in [0.15, 0.2) is 47.5 Å². The molecule has 9 nitrogen and oxygen atoms in total. The van der Waals surface area contributed by atoms with E-state index >= 15 is 0 Å². The van der Waals surface area contributed by atoms with Crippen molar-refractivity contribution in [1.82, 2.24) is 19.9 Å². The van der Waals surface area contributed by atoms with Crippen LogP contribution in [0.25, 0.3) is 0 Å². The monoisotopic (exact) mass is 421 g/mol. The summed E-state index contributed by atoms with van der Waals surface area (Å²) in [7, 11) is 0. The molecule has 0 fully saturated rings. The Balaban J connectivity index is 1.94. The smallest absolute Gasteiger partial charge is 0.319 e. The molecule has 3 heterocycles. The first-order valence-electron chi connectivity index (χ1n) is 6.79. The zero-order valence-electron chi connectivity index (χ0n) is 12.3. The first kappa shape index (κ1) is 17.0. The number of pyridine rings is 2. The van der Waals surface area contributed by atoms with Gasteiger partial charge in [0, 0.05) is 16.9 Å². The Kier molecular flexibility index (Phi) is 5.00. The zero-order chi connectivity index (χ0) is 17.8. The molecule has 25 heavy (non-hydrogen) atoms. The molecule has 0 aliphatic heterocycles. The van der Waals surface area contributed by atoms with Gasteiger partial charge >= 0.3 is 5.69 Å². The molecule has 0 aliphatic carbocycles. The predicted octanol–water partition coefficient (Wildman–Crippen LogP) is 4.08. The van der Waals surface area contributed by atoms with Crippen LogP contribution in [0.4, 0.5) is 29.0 Å². The SMILES string of the molecule is O=[N+]([O-])c1c(Nc2ccc(Cl)cn2)ncnc1Nc1ccc(Br)cn1. The van der Waals surface area contributed by atoms with E-state index in [0.717, 1.165) is 4.47 Å². The summed E-state index contributed by atoms with van der Waals surface area (Å²) >= 11 is 9.05. The maximum atomic E-state index is 11.5. The third kappa shape index (κ3) is 4.17. The van der Waals surface area contributed by atoms with Gasteiger partial charge in [0.05, 0.1) is 9.95 Å². The normalized spacial score (nSPS) is 10.3. The molecule has 2 N–H and O–H groups in total. The Morgan fingerprint density at radius 2 is 1.56 bits per heavy atom. The first-order valence-corrected chi connectivity index (χ1v) is 7.96. The van der Waals surface area contributed by atoms with Gasteiger partial charge in [-0.2, -0.15) is 0 Å². The van der Waals surface area contributed by atoms with Gasteiger partial charge in [0.25, 0.3) is 0 Å². The van der Waals surface area contributed by atoms with Crippen LogP contribution in [0.1, 0.15) is 0 Å². The number of anilines is 4. The lowest BCUT2D eigenvalue weighted by Crippen LogP contribution is -2.06. The summed E-state index contributed by atoms with van der Waals surface area (Å²) in [5.41, 5.74) is -0.330. The molecule has 0 aliphatic rings. The number of halogens is 2. The lowest BCUT2D eigenvalue weighted by molar-refractivity contribution is -0.383. The number of nitrogens with zero attached hydrogens (tertiary/aromatic N) is 5. The second kappa shape index (κ2) is 7.36. The summed E-state index contributed by atoms with van der Waals surface area (Å²) in [6.07, 6.45) is 4.18. The van der Waals surface area contributed by atoms with Gasteiger partial charge in [0.1, 0.15) is 18.0 Å². The molecule has 126 valence electrons. The maximum Gasteiger partial charge on any atom is 0.354 e. The second-order valence-corrected chi connectivity index (χ2v) is 6.00. The van der Waals surface area contributed by atoms with Gasteiger partial charge in [-0.15, -0.1) is 0 Å². The van der Waals surface area contributed by atoms with Crippen molar-refractivity contribution in [3.8, 4) is 0 Å². The van der Waals surface area contributed by atoms with Crippen molar-refractivity contribution in [2.75, 3.05) is 10.6 Å². The van der Waals surface area contributed by atoms with E-state index in [4.69, 9.17) is 11.6 Å². The van der Waals surface area contributed by atoms with Crippen LogP contribution in [0.3, 0.4) is 0 Å². The van der Waals surface area contributed by atoms with Gasteiger partial charge in [-0.3, -0.25) is 10.1 Å². The van der Waals surface area contributed by atoms with E-state index in [2.05, 4.69) is 46.5 Å². The van der Waals surface area contributed by atoms with E-state index < -0.39 is 4.92 Å². The minimum absolute atomic E-state index is 0.00515. The number of aromatic nitrogens is 4. The maximum absolute atomic E-state index is 11.5. The summed E-state index contributed by atoms with van der Waals surface area (Å²) < 4.78 is 0.784. The molecule has 3 aromatic rings. The van der Waals surface area contributed by atoms with E-state index in [1.54, 1.807) is 30.5 Å². The molecule has 0 saturated heterocycles. The molecule has 3 aromatic heterocycles. The standard InChI is InChI=1S/C14H9BrClN7O2/c15-8-1-3-10(17-5-8)21-13-12(23(24)25)14(20-7-19-13)22-11-4-2-9(16)6-18-11/h1-7H,(H2,17,18,19,20,21,22). The average molecular weight is 423 g/mol. The highest BCUT2D eigenvalue weighted by molar-refractivity contribution is 9.10. The van der Waals surface area contributed by atoms with Crippen molar-refractivity contribution in [1.29, 1.82) is 0 Å². The molecule has 0 aromatic carbocycles. The lowest BCUT2D eigenvalue weighted by Gasteiger charge is -2.09. The second-order valence-electron chi connectivity index (χ2n) is 4.65. The molecule has 0 saturated carbocycles. The van der Waals surface area contributed by atoms with E-state index in [1.165, 1.54) is 12.5 Å². The van der Waals surface area contributed by atoms with Crippen LogP contribution in [0.5, 0.6) is 0 Å². The highest BCUT2D eigenvalue weighted by atomic mass is 79.9. The van der Waals surface area contributed by atoms with Crippen molar-refractivity contribution >= 4 is 56.5 Å². The molecule has 0 unspecified atom stereocenters. The van der Waals surface area contributed by atoms with Gasteiger partial charge in [-0.05, 0) is 40.2 Å². The van der Waals surface area contributed by atoms with Crippen molar-refractivity contribution in [2.45, 2.75) is 0 Å². The Bertz CT molecular complexity index is 840. The quantitative estimate of drug-likeness (QED) is 0.466. The summed E-state index contributed by atoms with van der Waals surface area (Å²) in [5.74, 6) is 0.764. The molecule has 0 radical (unpaired) electrons. The Hall–Kier alpha value is -2.85. The first-order chi connectivity index (χ1) is 12.0. The van der Waals surface area contributed by atoms with Crippen LogP contribution >= 0.6 is 27.5 Å². The van der Waals surface area contributed by atoms with E-state index in [0.29, 0.717) is 16.7 Å². The molecular formula is C14H9BrClN7O2. The Morgan fingerprint density at radius 3 is 2.04 bits per heavy atom. The molecule has 0 atom stereocenters. The largest absolute Gasteiger partial charge is 0.354 e. The van der Waals surface area contributed by atoms with Gasteiger partial charge in [-0.1, -0.05) is 11.6 Å². The number of nitrogens with one attached hydrogen (secondary N) is 2. The zero-order valence-corrected chi connectivity index (χ0v) is 14.7. The topological polar surface area (TPSA) is 119 Å². The van der Waals surface area contributed by atoms with Crippen molar-refractivity contribution in [2.24, 2.45) is 0 Å². The molecular weight excluding hydrogens is 414 g/mol. The van der Waals surface area contributed by atoms with Crippen LogP contribution in [0.2, 0.25) is 5.02 Å². The van der Waals surface area contributed by atoms with Crippen LogP contribution in [-0.4, -0.2) is 24.9 Å². The van der Waals surface area contributed by atoms with Crippen LogP contribution in [0, 0.1) is 10.1 Å². The number of hydrogen-bond acceptors (Lipinski definition) is 8. The van der Waals surface area contributed by atoms with E-state index in [-0.39, 0.29) is 17.3 Å². The number of nitro groups is 1. The van der Waals surface area contributed by atoms with E-state index in [9.17, 15) is 10.1 Å². The minimum atomic E-state index is -0.584. The Labute approximate surface area is 154 Å². The molecule has 11 heteroatoms. The molecule has 0 bridgehead atoms. The number of hydrogen-bond donors (Lipinski definition) is 2. The summed E-state index contributed by atoms with van der Waals surface area (Å²) in [6.45, 7) is 0. The number of rotatable bonds is 5. The fourth-order valence-corrected chi connectivity index (χ4v) is 2.22. The van der Waals surface area contributed by atoms with Crippen molar-refractivity contribution in [3.63, 3.8) is 0 Å². The Morgan fingerprint density at radius 1 is 0.960 bits per heavy atom. The van der Waals surface area contributed by atoms with Crippen molar-refractivity contribution in [3.05, 3.63) is 62.6 Å². The summed E-state index contributed by atoms with van der Waals surface area (Å²) in [4.78, 5) is 26.9. The third-order valence-electron chi connectivity index (χ3n) is 2.95. The van der Waals surface area contributed by atoms with Gasteiger partial charge in [0.2, 0.25) is 11.6 Å². The van der Waals surface area contributed by atoms with Crippen molar-refractivity contribution < 1.29 is 4.92 Å². The highest BCUT2D eigenvalue weighted by Crippen LogP contribution is 2.32. The fourth-order valence-electron chi connectivity index (χ4n) is 1.88. The minimum Gasteiger partial charge on any atom is -0.319 e.